The van der Waals surface area contributed by atoms with Gasteiger partial charge in [-0.15, -0.1) is 0 Å². The van der Waals surface area contributed by atoms with Crippen LogP contribution < -0.4 is 9.80 Å². The topological polar surface area (TPSA) is 34.6 Å². The van der Waals surface area contributed by atoms with Gasteiger partial charge in [0.1, 0.15) is 0 Å². The van der Waals surface area contributed by atoms with Gasteiger partial charge in [0.2, 0.25) is 0 Å². The van der Waals surface area contributed by atoms with E-state index in [2.05, 4.69) is 213 Å². The van der Waals surface area contributed by atoms with E-state index in [1.165, 1.54) is 43.8 Å². The van der Waals surface area contributed by atoms with Crippen molar-refractivity contribution < 1.29 is 0 Å². The zero-order valence-corrected chi connectivity index (χ0v) is 38.5. The minimum absolute atomic E-state index is 0.00812. The second kappa shape index (κ2) is 15.1. The molecule has 0 aromatic heterocycles. The fraction of sp³-hybridized carbons (Fsp3) is 0.276. The largest absolute Gasteiger partial charge is 0.310 e. The first-order chi connectivity index (χ1) is 29.2. The third-order valence-corrected chi connectivity index (χ3v) is 12.4. The Hall–Kier alpha value is -6.62. The molecule has 62 heavy (non-hydrogen) atoms. The van der Waals surface area contributed by atoms with Crippen molar-refractivity contribution in [2.75, 3.05) is 9.80 Å². The van der Waals surface area contributed by atoms with Crippen LogP contribution in [0.25, 0.3) is 37.2 Å². The number of benzene rings is 8. The minimum atomic E-state index is -0.190. The van der Waals surface area contributed by atoms with Crippen LogP contribution in [-0.2, 0) is 21.7 Å². The molecule has 4 heteroatoms. The van der Waals surface area contributed by atoms with Crippen LogP contribution in [-0.4, -0.2) is 0 Å². The van der Waals surface area contributed by atoms with Gasteiger partial charge in [-0.25, -0.2) is 4.85 Å². The Balaban J connectivity index is 1.51. The molecule has 0 spiro atoms. The fourth-order valence-electron chi connectivity index (χ4n) is 9.00. The maximum atomic E-state index is 9.81. The average molecular weight is 811 g/mol. The molecule has 4 nitrogen and oxygen atoms in total. The van der Waals surface area contributed by atoms with E-state index in [0.717, 1.165) is 44.9 Å². The van der Waals surface area contributed by atoms with Gasteiger partial charge in [-0.2, -0.15) is 5.26 Å². The van der Waals surface area contributed by atoms with Crippen LogP contribution in [0.5, 0.6) is 0 Å². The number of hydrogen-bond donors (Lipinski definition) is 0. The van der Waals surface area contributed by atoms with Crippen molar-refractivity contribution in [2.24, 2.45) is 0 Å². The lowest BCUT2D eigenvalue weighted by Gasteiger charge is -2.34. The number of anilines is 6. The molecule has 0 N–H and O–H groups in total. The number of hydrogen-bond acceptors (Lipinski definition) is 3. The molecule has 0 saturated carbocycles. The quantitative estimate of drug-likeness (QED) is 0.124. The molecule has 0 unspecified atom stereocenters. The van der Waals surface area contributed by atoms with Crippen LogP contribution in [0.4, 0.5) is 39.8 Å². The van der Waals surface area contributed by atoms with Gasteiger partial charge in [0.25, 0.3) is 0 Å². The highest BCUT2D eigenvalue weighted by Crippen LogP contribution is 2.52. The molecule has 0 aliphatic rings. The van der Waals surface area contributed by atoms with Gasteiger partial charge < -0.3 is 9.80 Å². The summed E-state index contributed by atoms with van der Waals surface area (Å²) in [5.74, 6) is 0. The monoisotopic (exact) mass is 810 g/mol. The zero-order valence-electron chi connectivity index (χ0n) is 38.5. The van der Waals surface area contributed by atoms with Crippen LogP contribution in [0, 0.1) is 17.9 Å². The Kier molecular flexibility index (Phi) is 10.2. The van der Waals surface area contributed by atoms with Gasteiger partial charge in [-0.3, -0.25) is 0 Å². The second-order valence-corrected chi connectivity index (χ2v) is 21.0. The summed E-state index contributed by atoms with van der Waals surface area (Å²) < 4.78 is 0. The second-order valence-electron chi connectivity index (χ2n) is 21.0. The van der Waals surface area contributed by atoms with Crippen molar-refractivity contribution in [3.63, 3.8) is 0 Å². The van der Waals surface area contributed by atoms with Crippen molar-refractivity contribution in [1.82, 2.24) is 0 Å². The third kappa shape index (κ3) is 7.54. The summed E-state index contributed by atoms with van der Waals surface area (Å²) in [6.07, 6.45) is 0. The average Bonchev–Trinajstić information content (AvgIpc) is 3.23. The maximum Gasteiger partial charge on any atom is 0.187 e. The summed E-state index contributed by atoms with van der Waals surface area (Å²) in [5, 5.41) is 17.1. The normalized spacial score (nSPS) is 12.5. The van der Waals surface area contributed by atoms with Crippen molar-refractivity contribution in [3.05, 3.63) is 173 Å². The number of rotatable bonds is 6. The van der Waals surface area contributed by atoms with E-state index < -0.39 is 0 Å². The third-order valence-electron chi connectivity index (χ3n) is 12.4. The first-order valence-electron chi connectivity index (χ1n) is 21.8. The lowest BCUT2D eigenvalue weighted by atomic mass is 9.77. The van der Waals surface area contributed by atoms with E-state index in [0.29, 0.717) is 11.3 Å². The molecule has 0 heterocycles. The fourth-order valence-corrected chi connectivity index (χ4v) is 9.00. The predicted octanol–water partition coefficient (Wildman–Crippen LogP) is 17.1. The molecular formula is C58H58N4. The van der Waals surface area contributed by atoms with E-state index >= 15 is 0 Å². The van der Waals surface area contributed by atoms with Crippen molar-refractivity contribution >= 4 is 72.1 Å². The molecule has 8 aromatic rings. The summed E-state index contributed by atoms with van der Waals surface area (Å²) in [7, 11) is 0. The van der Waals surface area contributed by atoms with Crippen LogP contribution in [0.2, 0.25) is 0 Å². The van der Waals surface area contributed by atoms with Crippen LogP contribution in [0.15, 0.2) is 133 Å². The summed E-state index contributed by atoms with van der Waals surface area (Å²) in [4.78, 5) is 8.50. The zero-order chi connectivity index (χ0) is 44.5. The Morgan fingerprint density at radius 1 is 0.419 bits per heavy atom. The Morgan fingerprint density at radius 2 is 0.742 bits per heavy atom. The Labute approximate surface area is 369 Å². The molecule has 8 aromatic carbocycles. The molecule has 0 radical (unpaired) electrons. The first-order valence-corrected chi connectivity index (χ1v) is 21.8. The highest BCUT2D eigenvalue weighted by Gasteiger charge is 2.30. The molecule has 0 fully saturated rings. The van der Waals surface area contributed by atoms with Crippen LogP contribution in [0.1, 0.15) is 111 Å². The SMILES string of the molecule is [C-]#[N+]c1ccc(N(c2ccc(C(C)(C)C)cc2)c2cc(C(C)(C)C)c3ccc4c(N(c5ccc(C#N)cc5)c5ccc(C(C)(C)C)cc5)cc(C(C)(C)C)c5ccc2c3c45)cc1. The molecule has 0 atom stereocenters. The molecule has 0 aliphatic heterocycles. The predicted molar refractivity (Wildman–Crippen MR) is 265 cm³/mol. The molecule has 0 aliphatic carbocycles. The Bertz CT molecular complexity index is 2810. The van der Waals surface area contributed by atoms with Crippen LogP contribution >= 0.6 is 0 Å². The summed E-state index contributed by atoms with van der Waals surface area (Å²) >= 11 is 0. The standard InChI is InChI=1S/C58H58N4/c1-55(2,3)38-16-24-42(25-17-38)61(41-22-14-37(36-59)15-23-41)51-34-49(57(7,8)9)45-31-33-48-52(35-50(58(10,11)12)46-30-32-47(51)53(45)54(46)48)62(44-28-20-40(60-13)21-29-44)43-26-18-39(19-27-43)56(4,5)6/h14-35H,1-12H3. The Morgan fingerprint density at radius 3 is 1.05 bits per heavy atom. The van der Waals surface area contributed by atoms with Crippen molar-refractivity contribution in [1.29, 1.82) is 5.26 Å². The molecule has 8 rings (SSSR count). The van der Waals surface area contributed by atoms with Crippen LogP contribution in [0.3, 0.4) is 0 Å². The van der Waals surface area contributed by atoms with E-state index in [-0.39, 0.29) is 21.7 Å². The first kappa shape index (κ1) is 42.1. The lowest BCUT2D eigenvalue weighted by molar-refractivity contribution is 0.590. The molecule has 0 saturated heterocycles. The number of nitriles is 1. The van der Waals surface area contributed by atoms with E-state index in [1.807, 2.05) is 24.3 Å². The van der Waals surface area contributed by atoms with E-state index in [4.69, 9.17) is 6.57 Å². The molecular weight excluding hydrogens is 753 g/mol. The van der Waals surface area contributed by atoms with Gasteiger partial charge in [-0.1, -0.05) is 144 Å². The van der Waals surface area contributed by atoms with E-state index in [1.54, 1.807) is 0 Å². The van der Waals surface area contributed by atoms with Gasteiger partial charge in [0.15, 0.2) is 5.69 Å². The highest BCUT2D eigenvalue weighted by atomic mass is 15.2. The van der Waals surface area contributed by atoms with Gasteiger partial charge in [0.05, 0.1) is 29.6 Å². The molecule has 0 bridgehead atoms. The van der Waals surface area contributed by atoms with Gasteiger partial charge in [-0.05, 0) is 138 Å². The van der Waals surface area contributed by atoms with Gasteiger partial charge in [0, 0.05) is 33.5 Å². The highest BCUT2D eigenvalue weighted by molar-refractivity contribution is 6.29. The summed E-state index contributed by atoms with van der Waals surface area (Å²) in [6, 6.07) is 50.5. The smallest absolute Gasteiger partial charge is 0.187 e. The number of nitrogens with zero attached hydrogens (tertiary/aromatic N) is 4. The van der Waals surface area contributed by atoms with E-state index in [9.17, 15) is 5.26 Å². The van der Waals surface area contributed by atoms with Gasteiger partial charge >= 0.3 is 0 Å². The summed E-state index contributed by atoms with van der Waals surface area (Å²) in [6.45, 7) is 35.1. The maximum absolute atomic E-state index is 9.81. The van der Waals surface area contributed by atoms with Crippen molar-refractivity contribution in [3.8, 4) is 6.07 Å². The lowest BCUT2D eigenvalue weighted by Crippen LogP contribution is -2.18. The minimum Gasteiger partial charge on any atom is -0.310 e. The summed E-state index contributed by atoms with van der Waals surface area (Å²) in [5.41, 5.74) is 12.3. The molecule has 310 valence electrons. The van der Waals surface area contributed by atoms with Crippen molar-refractivity contribution in [2.45, 2.75) is 105 Å². The molecule has 0 amide bonds.